The molecule has 0 spiro atoms. The zero-order valence-corrected chi connectivity index (χ0v) is 19.0. The van der Waals surface area contributed by atoms with Gasteiger partial charge in [0, 0.05) is 22.9 Å². The van der Waals surface area contributed by atoms with E-state index in [1.165, 1.54) is 16.9 Å². The van der Waals surface area contributed by atoms with Crippen LogP contribution in [0.2, 0.25) is 0 Å². The highest BCUT2D eigenvalue weighted by Gasteiger charge is 2.13. The standard InChI is InChI=1S/C23H23N3O2S2/c1-13(2)17-11-18-16(10-21(27)28-20(18)9-15(17)4)12-29-23-26-25-22(30-23)24-19-8-6-5-7-14(19)3/h5-11,13H,12H2,1-4H3,(H,24,25). The van der Waals surface area contributed by atoms with E-state index in [4.69, 9.17) is 4.42 Å². The molecule has 2 aromatic heterocycles. The van der Waals surface area contributed by atoms with Crippen molar-refractivity contribution in [2.75, 3.05) is 5.32 Å². The van der Waals surface area contributed by atoms with Crippen LogP contribution in [0.5, 0.6) is 0 Å². The molecular formula is C23H23N3O2S2. The molecule has 0 aliphatic rings. The molecule has 7 heteroatoms. The van der Waals surface area contributed by atoms with Crippen molar-refractivity contribution in [3.8, 4) is 0 Å². The van der Waals surface area contributed by atoms with Crippen LogP contribution in [0.4, 0.5) is 10.8 Å². The van der Waals surface area contributed by atoms with Gasteiger partial charge in [-0.2, -0.15) is 0 Å². The summed E-state index contributed by atoms with van der Waals surface area (Å²) in [4.78, 5) is 12.1. The first kappa shape index (κ1) is 20.6. The Hall–Kier alpha value is -2.64. The maximum Gasteiger partial charge on any atom is 0.336 e. The van der Waals surface area contributed by atoms with Crippen molar-refractivity contribution in [2.45, 2.75) is 43.7 Å². The molecule has 0 unspecified atom stereocenters. The zero-order valence-electron chi connectivity index (χ0n) is 17.4. The van der Waals surface area contributed by atoms with E-state index in [2.05, 4.69) is 55.3 Å². The van der Waals surface area contributed by atoms with Gasteiger partial charge in [0.2, 0.25) is 5.13 Å². The van der Waals surface area contributed by atoms with Crippen molar-refractivity contribution >= 4 is 44.9 Å². The predicted octanol–water partition coefficient (Wildman–Crippen LogP) is 6.42. The van der Waals surface area contributed by atoms with Crippen molar-refractivity contribution in [2.24, 2.45) is 0 Å². The summed E-state index contributed by atoms with van der Waals surface area (Å²) in [6.45, 7) is 8.45. The van der Waals surface area contributed by atoms with E-state index >= 15 is 0 Å². The van der Waals surface area contributed by atoms with E-state index < -0.39 is 0 Å². The molecule has 5 nitrogen and oxygen atoms in total. The van der Waals surface area contributed by atoms with Gasteiger partial charge in [-0.15, -0.1) is 10.2 Å². The van der Waals surface area contributed by atoms with Gasteiger partial charge in [-0.1, -0.05) is 55.1 Å². The largest absolute Gasteiger partial charge is 0.423 e. The molecule has 0 aliphatic carbocycles. The summed E-state index contributed by atoms with van der Waals surface area (Å²) >= 11 is 3.08. The van der Waals surface area contributed by atoms with E-state index in [0.29, 0.717) is 17.3 Å². The van der Waals surface area contributed by atoms with Crippen LogP contribution in [0, 0.1) is 13.8 Å². The number of rotatable bonds is 6. The Balaban J connectivity index is 1.57. The molecule has 0 saturated carbocycles. The number of benzene rings is 2. The molecule has 0 fully saturated rings. The molecule has 0 bridgehead atoms. The van der Waals surface area contributed by atoms with Gasteiger partial charge in [0.05, 0.1) is 0 Å². The Morgan fingerprint density at radius 1 is 1.10 bits per heavy atom. The minimum atomic E-state index is -0.325. The van der Waals surface area contributed by atoms with Gasteiger partial charge < -0.3 is 9.73 Å². The molecule has 0 radical (unpaired) electrons. The Bertz CT molecular complexity index is 1260. The number of hydrogen-bond acceptors (Lipinski definition) is 7. The molecule has 30 heavy (non-hydrogen) atoms. The number of anilines is 2. The van der Waals surface area contributed by atoms with Gasteiger partial charge in [0.15, 0.2) is 4.34 Å². The quantitative estimate of drug-likeness (QED) is 0.277. The molecule has 1 N–H and O–H groups in total. The highest BCUT2D eigenvalue weighted by molar-refractivity contribution is 8.00. The number of para-hydroxylation sites is 1. The number of hydrogen-bond donors (Lipinski definition) is 1. The van der Waals surface area contributed by atoms with Crippen LogP contribution < -0.4 is 10.9 Å². The lowest BCUT2D eigenvalue weighted by Gasteiger charge is -2.12. The number of aryl methyl sites for hydroxylation is 2. The van der Waals surface area contributed by atoms with Crippen LogP contribution in [0.1, 0.15) is 42.0 Å². The summed E-state index contributed by atoms with van der Waals surface area (Å²) in [5.41, 5.74) is 5.85. The lowest BCUT2D eigenvalue weighted by Crippen LogP contribution is -2.02. The van der Waals surface area contributed by atoms with Crippen LogP contribution >= 0.6 is 23.1 Å². The van der Waals surface area contributed by atoms with Crippen molar-refractivity contribution in [1.82, 2.24) is 10.2 Å². The number of aromatic nitrogens is 2. The second kappa shape index (κ2) is 8.62. The smallest absolute Gasteiger partial charge is 0.336 e. The molecule has 4 rings (SSSR count). The molecule has 2 aromatic carbocycles. The molecule has 2 heterocycles. The van der Waals surface area contributed by atoms with E-state index in [1.54, 1.807) is 17.8 Å². The second-order valence-electron chi connectivity index (χ2n) is 7.55. The molecule has 0 aliphatic heterocycles. The highest BCUT2D eigenvalue weighted by atomic mass is 32.2. The van der Waals surface area contributed by atoms with Gasteiger partial charge in [0.25, 0.3) is 0 Å². The number of nitrogens with zero attached hydrogens (tertiary/aromatic N) is 2. The predicted molar refractivity (Wildman–Crippen MR) is 125 cm³/mol. The first-order valence-electron chi connectivity index (χ1n) is 9.77. The number of thioether (sulfide) groups is 1. The average Bonchev–Trinajstić information content (AvgIpc) is 3.14. The minimum Gasteiger partial charge on any atom is -0.423 e. The fourth-order valence-electron chi connectivity index (χ4n) is 3.42. The second-order valence-corrected chi connectivity index (χ2v) is 9.75. The Kier molecular flexibility index (Phi) is 5.92. The first-order chi connectivity index (χ1) is 14.4. The topological polar surface area (TPSA) is 68.0 Å². The normalized spacial score (nSPS) is 11.4. The summed E-state index contributed by atoms with van der Waals surface area (Å²) in [6.07, 6.45) is 0. The first-order valence-corrected chi connectivity index (χ1v) is 11.6. The van der Waals surface area contributed by atoms with Crippen molar-refractivity contribution in [3.05, 3.63) is 75.1 Å². The fraction of sp³-hybridized carbons (Fsp3) is 0.261. The molecule has 0 saturated heterocycles. The monoisotopic (exact) mass is 437 g/mol. The van der Waals surface area contributed by atoms with Crippen molar-refractivity contribution < 1.29 is 4.42 Å². The molecule has 4 aromatic rings. The third kappa shape index (κ3) is 4.42. The average molecular weight is 438 g/mol. The van der Waals surface area contributed by atoms with E-state index in [-0.39, 0.29) is 5.63 Å². The van der Waals surface area contributed by atoms with E-state index in [0.717, 1.165) is 37.2 Å². The summed E-state index contributed by atoms with van der Waals surface area (Å²) in [7, 11) is 0. The van der Waals surface area contributed by atoms with Crippen molar-refractivity contribution in [3.63, 3.8) is 0 Å². The third-order valence-corrected chi connectivity index (χ3v) is 7.00. The van der Waals surface area contributed by atoms with Gasteiger partial charge in [-0.3, -0.25) is 0 Å². The van der Waals surface area contributed by atoms with Crippen LogP contribution in [-0.4, -0.2) is 10.2 Å². The van der Waals surface area contributed by atoms with Crippen LogP contribution in [0.15, 0.2) is 56.0 Å². The summed E-state index contributed by atoms with van der Waals surface area (Å²) < 4.78 is 6.30. The maximum atomic E-state index is 12.1. The Morgan fingerprint density at radius 3 is 2.67 bits per heavy atom. The minimum absolute atomic E-state index is 0.325. The SMILES string of the molecule is Cc1ccccc1Nc1nnc(SCc2cc(=O)oc3cc(C)c(C(C)C)cc23)s1. The van der Waals surface area contributed by atoms with Gasteiger partial charge >= 0.3 is 5.63 Å². The van der Waals surface area contributed by atoms with Crippen molar-refractivity contribution in [1.29, 1.82) is 0 Å². The van der Waals surface area contributed by atoms with Crippen LogP contribution in [-0.2, 0) is 5.75 Å². The summed E-state index contributed by atoms with van der Waals surface area (Å²) in [5.74, 6) is 1.03. The van der Waals surface area contributed by atoms with E-state index in [9.17, 15) is 4.79 Å². The molecule has 0 amide bonds. The Labute approximate surface area is 183 Å². The summed E-state index contributed by atoms with van der Waals surface area (Å²) in [5, 5.41) is 13.6. The highest BCUT2D eigenvalue weighted by Crippen LogP contribution is 2.33. The van der Waals surface area contributed by atoms with Gasteiger partial charge in [-0.25, -0.2) is 4.79 Å². The third-order valence-electron chi connectivity index (χ3n) is 4.98. The summed E-state index contributed by atoms with van der Waals surface area (Å²) in [6, 6.07) is 13.8. The van der Waals surface area contributed by atoms with Crippen LogP contribution in [0.3, 0.4) is 0 Å². The number of nitrogens with one attached hydrogen (secondary N) is 1. The van der Waals surface area contributed by atoms with E-state index in [1.807, 2.05) is 24.3 Å². The number of fused-ring (bicyclic) bond motifs is 1. The fourth-order valence-corrected chi connectivity index (χ4v) is 5.17. The van der Waals surface area contributed by atoms with Gasteiger partial charge in [0.1, 0.15) is 5.58 Å². The molecular weight excluding hydrogens is 414 g/mol. The zero-order chi connectivity index (χ0) is 21.3. The Morgan fingerprint density at radius 2 is 1.90 bits per heavy atom. The lowest BCUT2D eigenvalue weighted by atomic mass is 9.95. The molecule has 0 atom stereocenters. The molecule has 154 valence electrons. The van der Waals surface area contributed by atoms with Crippen LogP contribution in [0.25, 0.3) is 11.0 Å². The van der Waals surface area contributed by atoms with Gasteiger partial charge in [-0.05, 0) is 60.2 Å². The lowest BCUT2D eigenvalue weighted by molar-refractivity contribution is 0.559. The maximum absolute atomic E-state index is 12.1.